The van der Waals surface area contributed by atoms with Crippen LogP contribution in [-0.4, -0.2) is 23.7 Å². The molecule has 92 valence electrons. The van der Waals surface area contributed by atoms with Crippen LogP contribution in [0, 0.1) is 0 Å². The molecule has 1 heterocycles. The van der Waals surface area contributed by atoms with E-state index < -0.39 is 0 Å². The summed E-state index contributed by atoms with van der Waals surface area (Å²) in [6, 6.07) is 7.92. The minimum Gasteiger partial charge on any atom is -0.389 e. The second kappa shape index (κ2) is 5.02. The van der Waals surface area contributed by atoms with Gasteiger partial charge in [0.05, 0.1) is 0 Å². The van der Waals surface area contributed by atoms with Gasteiger partial charge in [0.25, 0.3) is 0 Å². The lowest BCUT2D eigenvalue weighted by molar-refractivity contribution is 0.0658. The number of para-hydroxylation sites is 1. The molecule has 1 aliphatic rings. The Bertz CT molecular complexity index is 414. The number of rotatable bonds is 3. The van der Waals surface area contributed by atoms with Gasteiger partial charge in [-0.05, 0) is 31.9 Å². The lowest BCUT2D eigenvalue weighted by atomic mass is 9.91. The molecular formula is C13H18N2OS. The SMILES string of the molecule is CC1(Nc2ccccc2C(N)=S)CCOCC1. The van der Waals surface area contributed by atoms with Crippen molar-refractivity contribution in [3.63, 3.8) is 0 Å². The van der Waals surface area contributed by atoms with Gasteiger partial charge < -0.3 is 15.8 Å². The largest absolute Gasteiger partial charge is 0.389 e. The van der Waals surface area contributed by atoms with Gasteiger partial charge in [-0.1, -0.05) is 24.4 Å². The van der Waals surface area contributed by atoms with Crippen molar-refractivity contribution < 1.29 is 4.74 Å². The minimum absolute atomic E-state index is 0.0686. The van der Waals surface area contributed by atoms with Crippen LogP contribution < -0.4 is 11.1 Å². The fourth-order valence-electron chi connectivity index (χ4n) is 2.08. The topological polar surface area (TPSA) is 47.3 Å². The summed E-state index contributed by atoms with van der Waals surface area (Å²) in [4.78, 5) is 0.434. The molecular weight excluding hydrogens is 232 g/mol. The van der Waals surface area contributed by atoms with Crippen molar-refractivity contribution in [2.45, 2.75) is 25.3 Å². The van der Waals surface area contributed by atoms with Crippen LogP contribution in [0.2, 0.25) is 0 Å². The maximum atomic E-state index is 5.73. The molecule has 0 aliphatic carbocycles. The second-order valence-corrected chi connectivity index (χ2v) is 5.15. The van der Waals surface area contributed by atoms with Crippen molar-refractivity contribution in [1.82, 2.24) is 0 Å². The standard InChI is InChI=1S/C13H18N2OS/c1-13(6-8-16-9-7-13)15-11-5-3-2-4-10(11)12(14)17/h2-5,15H,6-9H2,1H3,(H2,14,17). The van der Waals surface area contributed by atoms with Gasteiger partial charge in [0.1, 0.15) is 4.99 Å². The highest BCUT2D eigenvalue weighted by Gasteiger charge is 2.27. The zero-order valence-corrected chi connectivity index (χ0v) is 10.8. The Morgan fingerprint density at radius 3 is 2.65 bits per heavy atom. The van der Waals surface area contributed by atoms with Crippen molar-refractivity contribution in [1.29, 1.82) is 0 Å². The molecule has 1 aromatic carbocycles. The predicted molar refractivity (Wildman–Crippen MR) is 74.4 cm³/mol. The van der Waals surface area contributed by atoms with Crippen molar-refractivity contribution in [2.24, 2.45) is 5.73 Å². The molecule has 0 atom stereocenters. The van der Waals surface area contributed by atoms with E-state index >= 15 is 0 Å². The van der Waals surface area contributed by atoms with E-state index in [9.17, 15) is 0 Å². The Morgan fingerprint density at radius 1 is 1.35 bits per heavy atom. The minimum atomic E-state index is 0.0686. The average molecular weight is 250 g/mol. The van der Waals surface area contributed by atoms with Gasteiger partial charge in [-0.3, -0.25) is 0 Å². The van der Waals surface area contributed by atoms with Crippen molar-refractivity contribution >= 4 is 22.9 Å². The van der Waals surface area contributed by atoms with Gasteiger partial charge in [-0.2, -0.15) is 0 Å². The summed E-state index contributed by atoms with van der Waals surface area (Å²) in [6.07, 6.45) is 2.00. The molecule has 0 aromatic heterocycles. The molecule has 3 N–H and O–H groups in total. The third-order valence-electron chi connectivity index (χ3n) is 3.23. The first-order valence-corrected chi connectivity index (χ1v) is 6.26. The van der Waals surface area contributed by atoms with E-state index in [0.717, 1.165) is 37.3 Å². The lowest BCUT2D eigenvalue weighted by Crippen LogP contribution is -2.41. The molecule has 1 saturated heterocycles. The molecule has 1 aromatic rings. The monoisotopic (exact) mass is 250 g/mol. The number of ether oxygens (including phenoxy) is 1. The molecule has 0 bridgehead atoms. The van der Waals surface area contributed by atoms with Crippen LogP contribution in [-0.2, 0) is 4.74 Å². The molecule has 1 aliphatic heterocycles. The van der Waals surface area contributed by atoms with Crippen LogP contribution in [0.4, 0.5) is 5.69 Å². The molecule has 0 saturated carbocycles. The fourth-order valence-corrected chi connectivity index (χ4v) is 2.26. The van der Waals surface area contributed by atoms with Gasteiger partial charge in [0.2, 0.25) is 0 Å². The third-order valence-corrected chi connectivity index (χ3v) is 3.45. The highest BCUT2D eigenvalue weighted by Crippen LogP contribution is 2.27. The fraction of sp³-hybridized carbons (Fsp3) is 0.462. The van der Waals surface area contributed by atoms with Crippen molar-refractivity contribution in [3.05, 3.63) is 29.8 Å². The van der Waals surface area contributed by atoms with Gasteiger partial charge in [0.15, 0.2) is 0 Å². The third kappa shape index (κ3) is 2.96. The van der Waals surface area contributed by atoms with E-state index in [0.29, 0.717) is 4.99 Å². The van der Waals surface area contributed by atoms with E-state index in [2.05, 4.69) is 12.2 Å². The van der Waals surface area contributed by atoms with E-state index in [-0.39, 0.29) is 5.54 Å². The number of nitrogens with two attached hydrogens (primary N) is 1. The summed E-state index contributed by atoms with van der Waals surface area (Å²) in [7, 11) is 0. The maximum Gasteiger partial charge on any atom is 0.106 e. The maximum absolute atomic E-state index is 5.73. The normalized spacial score (nSPS) is 18.6. The highest BCUT2D eigenvalue weighted by molar-refractivity contribution is 7.80. The number of anilines is 1. The highest BCUT2D eigenvalue weighted by atomic mass is 32.1. The van der Waals surface area contributed by atoms with Crippen LogP contribution in [0.3, 0.4) is 0 Å². The van der Waals surface area contributed by atoms with Crippen LogP contribution in [0.5, 0.6) is 0 Å². The summed E-state index contributed by atoms with van der Waals surface area (Å²) in [5, 5.41) is 3.56. The molecule has 4 heteroatoms. The Kier molecular flexibility index (Phi) is 3.64. The summed E-state index contributed by atoms with van der Waals surface area (Å²) in [6.45, 7) is 3.82. The first kappa shape index (κ1) is 12.3. The van der Waals surface area contributed by atoms with E-state index in [1.807, 2.05) is 24.3 Å². The summed E-state index contributed by atoms with van der Waals surface area (Å²) in [5.74, 6) is 0. The molecule has 0 amide bonds. The molecule has 0 unspecified atom stereocenters. The lowest BCUT2D eigenvalue weighted by Gasteiger charge is -2.36. The Labute approximate surface area is 107 Å². The van der Waals surface area contributed by atoms with Crippen molar-refractivity contribution in [2.75, 3.05) is 18.5 Å². The predicted octanol–water partition coefficient (Wildman–Crippen LogP) is 2.30. The number of nitrogens with one attached hydrogen (secondary N) is 1. The smallest absolute Gasteiger partial charge is 0.106 e. The van der Waals surface area contributed by atoms with Crippen LogP contribution in [0.15, 0.2) is 24.3 Å². The van der Waals surface area contributed by atoms with Crippen LogP contribution >= 0.6 is 12.2 Å². The zero-order valence-electron chi connectivity index (χ0n) is 10.0. The number of benzene rings is 1. The Hall–Kier alpha value is -1.13. The Balaban J connectivity index is 2.20. The Morgan fingerprint density at radius 2 is 2.00 bits per heavy atom. The summed E-state index contributed by atoms with van der Waals surface area (Å²) in [5.41, 5.74) is 7.73. The first-order chi connectivity index (χ1) is 8.11. The van der Waals surface area contributed by atoms with Crippen molar-refractivity contribution in [3.8, 4) is 0 Å². The second-order valence-electron chi connectivity index (χ2n) is 4.71. The van der Waals surface area contributed by atoms with Gasteiger partial charge in [-0.25, -0.2) is 0 Å². The number of hydrogen-bond donors (Lipinski definition) is 2. The van der Waals surface area contributed by atoms with Gasteiger partial charge in [0, 0.05) is 30.0 Å². The molecule has 2 rings (SSSR count). The van der Waals surface area contributed by atoms with Gasteiger partial charge in [-0.15, -0.1) is 0 Å². The zero-order chi connectivity index (χ0) is 12.3. The van der Waals surface area contributed by atoms with Crippen LogP contribution in [0.1, 0.15) is 25.3 Å². The quantitative estimate of drug-likeness (QED) is 0.808. The first-order valence-electron chi connectivity index (χ1n) is 5.85. The molecule has 1 fully saturated rings. The van der Waals surface area contributed by atoms with E-state index in [1.54, 1.807) is 0 Å². The average Bonchev–Trinajstić information content (AvgIpc) is 2.29. The van der Waals surface area contributed by atoms with E-state index in [4.69, 9.17) is 22.7 Å². The molecule has 0 radical (unpaired) electrons. The number of hydrogen-bond acceptors (Lipinski definition) is 3. The van der Waals surface area contributed by atoms with E-state index in [1.165, 1.54) is 0 Å². The van der Waals surface area contributed by atoms with Crippen LogP contribution in [0.25, 0.3) is 0 Å². The van der Waals surface area contributed by atoms with Gasteiger partial charge >= 0.3 is 0 Å². The summed E-state index contributed by atoms with van der Waals surface area (Å²) >= 11 is 5.07. The molecule has 3 nitrogen and oxygen atoms in total. The number of thiocarbonyl (C=S) groups is 1. The molecule has 17 heavy (non-hydrogen) atoms. The summed E-state index contributed by atoms with van der Waals surface area (Å²) < 4.78 is 5.39. The molecule has 0 spiro atoms.